The average Bonchev–Trinajstić information content (AvgIpc) is 3.01. The normalized spacial score (nSPS) is 26.5. The Morgan fingerprint density at radius 3 is 2.70 bits per heavy atom. The summed E-state index contributed by atoms with van der Waals surface area (Å²) in [5, 5.41) is 3.29. The van der Waals surface area contributed by atoms with E-state index < -0.39 is 18.1 Å². The second-order valence-electron chi connectivity index (χ2n) is 4.93. The predicted molar refractivity (Wildman–Crippen MR) is 71.3 cm³/mol. The molecular weight excluding hydrogens is 260 g/mol. The van der Waals surface area contributed by atoms with Gasteiger partial charge in [-0.3, -0.25) is 4.90 Å². The first-order valence-corrected chi connectivity index (χ1v) is 6.47. The van der Waals surface area contributed by atoms with E-state index in [0.717, 1.165) is 11.3 Å². The zero-order chi connectivity index (χ0) is 14.3. The van der Waals surface area contributed by atoms with E-state index >= 15 is 0 Å². The van der Waals surface area contributed by atoms with Crippen LogP contribution in [0.4, 0.5) is 10.5 Å². The van der Waals surface area contributed by atoms with Gasteiger partial charge in [0, 0.05) is 11.6 Å². The molecule has 20 heavy (non-hydrogen) atoms. The molecule has 1 saturated heterocycles. The third-order valence-electron chi connectivity index (χ3n) is 4.02. The van der Waals surface area contributed by atoms with E-state index in [1.54, 1.807) is 0 Å². The number of hydrogen-bond donors (Lipinski definition) is 1. The van der Waals surface area contributed by atoms with Crippen LogP contribution in [0.1, 0.15) is 17.9 Å². The molecular formula is C14H16N2O4. The highest BCUT2D eigenvalue weighted by Crippen LogP contribution is 2.46. The number of hydrogen-bond acceptors (Lipinski definition) is 5. The molecule has 0 saturated carbocycles. The van der Waals surface area contributed by atoms with Crippen LogP contribution < -0.4 is 5.32 Å². The van der Waals surface area contributed by atoms with Gasteiger partial charge in [-0.05, 0) is 18.1 Å². The number of likely N-dealkylation sites (tertiary alicyclic amines) is 1. The molecule has 0 spiro atoms. The maximum absolute atomic E-state index is 12.0. The Bertz CT molecular complexity index is 560. The molecule has 6 heteroatoms. The number of nitrogens with one attached hydrogen (secondary N) is 1. The molecule has 1 aromatic rings. The monoisotopic (exact) mass is 276 g/mol. The van der Waals surface area contributed by atoms with Crippen molar-refractivity contribution in [3.8, 4) is 0 Å². The molecule has 2 heterocycles. The number of anilines is 1. The lowest BCUT2D eigenvalue weighted by atomic mass is 9.96. The number of fused-ring (bicyclic) bond motifs is 3. The van der Waals surface area contributed by atoms with Crippen molar-refractivity contribution in [2.75, 3.05) is 19.5 Å². The Balaban J connectivity index is 1.96. The minimum atomic E-state index is -0.608. The summed E-state index contributed by atoms with van der Waals surface area (Å²) in [5.41, 5.74) is 2.12. The van der Waals surface area contributed by atoms with E-state index in [1.807, 2.05) is 24.3 Å². The number of para-hydroxylation sites is 1. The smallest absolute Gasteiger partial charge is 0.411 e. The molecule has 0 bridgehead atoms. The van der Waals surface area contributed by atoms with Crippen molar-refractivity contribution >= 4 is 17.7 Å². The lowest BCUT2D eigenvalue weighted by molar-refractivity contribution is -0.145. The molecule has 3 atom stereocenters. The number of nitrogens with zero attached hydrogens (tertiary/aromatic N) is 1. The topological polar surface area (TPSA) is 67.9 Å². The van der Waals surface area contributed by atoms with Crippen molar-refractivity contribution in [3.63, 3.8) is 0 Å². The molecule has 2 aliphatic rings. The zero-order valence-electron chi connectivity index (χ0n) is 11.3. The third-order valence-corrected chi connectivity index (χ3v) is 4.02. The Labute approximate surface area is 116 Å². The maximum Gasteiger partial charge on any atom is 0.411 e. The maximum atomic E-state index is 12.0. The summed E-state index contributed by atoms with van der Waals surface area (Å²) < 4.78 is 9.60. The van der Waals surface area contributed by atoms with Gasteiger partial charge in [0.25, 0.3) is 0 Å². The van der Waals surface area contributed by atoms with E-state index in [9.17, 15) is 9.59 Å². The molecule has 1 aromatic carbocycles. The molecule has 1 fully saturated rings. The van der Waals surface area contributed by atoms with Crippen LogP contribution in [0.2, 0.25) is 0 Å². The van der Waals surface area contributed by atoms with Gasteiger partial charge in [0.1, 0.15) is 12.2 Å². The SMILES string of the molecule is COC(=O)[C@@H]1C[C@@H]2c3ccccc3N[C@@H]2N1C(=O)OC. The molecule has 106 valence electrons. The number of rotatable bonds is 1. The summed E-state index contributed by atoms with van der Waals surface area (Å²) in [6.07, 6.45) is -0.242. The van der Waals surface area contributed by atoms with E-state index in [1.165, 1.54) is 19.1 Å². The van der Waals surface area contributed by atoms with Gasteiger partial charge in [-0.2, -0.15) is 0 Å². The van der Waals surface area contributed by atoms with Crippen LogP contribution in [0, 0.1) is 0 Å². The van der Waals surface area contributed by atoms with Crippen molar-refractivity contribution < 1.29 is 19.1 Å². The van der Waals surface area contributed by atoms with Crippen LogP contribution in [0.15, 0.2) is 24.3 Å². The van der Waals surface area contributed by atoms with Crippen LogP contribution in [-0.2, 0) is 14.3 Å². The van der Waals surface area contributed by atoms with Gasteiger partial charge >= 0.3 is 12.1 Å². The van der Waals surface area contributed by atoms with Crippen molar-refractivity contribution in [2.45, 2.75) is 24.5 Å². The van der Waals surface area contributed by atoms with Gasteiger partial charge in [-0.1, -0.05) is 18.2 Å². The fourth-order valence-corrected chi connectivity index (χ4v) is 3.14. The number of benzene rings is 1. The molecule has 0 radical (unpaired) electrons. The van der Waals surface area contributed by atoms with E-state index in [-0.39, 0.29) is 12.1 Å². The fraction of sp³-hybridized carbons (Fsp3) is 0.429. The number of esters is 1. The Morgan fingerprint density at radius 2 is 2.00 bits per heavy atom. The molecule has 6 nitrogen and oxygen atoms in total. The summed E-state index contributed by atoms with van der Waals surface area (Å²) in [5.74, 6) is -0.335. The predicted octanol–water partition coefficient (Wildman–Crippen LogP) is 1.54. The number of amides is 1. The number of carbonyl (C=O) groups is 2. The van der Waals surface area contributed by atoms with Gasteiger partial charge in [0.05, 0.1) is 14.2 Å². The second-order valence-corrected chi connectivity index (χ2v) is 4.93. The first-order chi connectivity index (χ1) is 9.67. The highest BCUT2D eigenvalue weighted by molar-refractivity contribution is 5.84. The summed E-state index contributed by atoms with van der Waals surface area (Å²) in [6.45, 7) is 0. The van der Waals surface area contributed by atoms with Gasteiger partial charge in [-0.15, -0.1) is 0 Å². The van der Waals surface area contributed by atoms with Crippen LogP contribution in [-0.4, -0.2) is 43.4 Å². The molecule has 0 aliphatic carbocycles. The largest absolute Gasteiger partial charge is 0.467 e. The summed E-state index contributed by atoms with van der Waals surface area (Å²) in [4.78, 5) is 25.3. The van der Waals surface area contributed by atoms with E-state index in [4.69, 9.17) is 9.47 Å². The van der Waals surface area contributed by atoms with Crippen LogP contribution >= 0.6 is 0 Å². The molecule has 1 N–H and O–H groups in total. The first kappa shape index (κ1) is 12.8. The number of ether oxygens (including phenoxy) is 2. The van der Waals surface area contributed by atoms with Gasteiger partial charge in [-0.25, -0.2) is 9.59 Å². The Hall–Kier alpha value is -2.24. The standard InChI is InChI=1S/C14H16N2O4/c1-19-13(17)11-7-9-8-5-3-4-6-10(8)15-12(9)16(11)14(18)20-2/h3-6,9,11-12,15H,7H2,1-2H3/t9-,11+,12-/m1/s1. The quantitative estimate of drug-likeness (QED) is 0.788. The van der Waals surface area contributed by atoms with Gasteiger partial charge < -0.3 is 14.8 Å². The van der Waals surface area contributed by atoms with Crippen molar-refractivity contribution in [3.05, 3.63) is 29.8 Å². The molecule has 2 aliphatic heterocycles. The first-order valence-electron chi connectivity index (χ1n) is 6.47. The van der Waals surface area contributed by atoms with Crippen LogP contribution in [0.5, 0.6) is 0 Å². The number of methoxy groups -OCH3 is 2. The molecule has 0 aromatic heterocycles. The molecule has 0 unspecified atom stereocenters. The summed E-state index contributed by atoms with van der Waals surface area (Å²) in [6, 6.07) is 7.27. The lowest BCUT2D eigenvalue weighted by Crippen LogP contribution is -2.47. The van der Waals surface area contributed by atoms with Gasteiger partial charge in [0.2, 0.25) is 0 Å². The fourth-order valence-electron chi connectivity index (χ4n) is 3.14. The van der Waals surface area contributed by atoms with E-state index in [0.29, 0.717) is 6.42 Å². The summed E-state index contributed by atoms with van der Waals surface area (Å²) >= 11 is 0. The Morgan fingerprint density at radius 1 is 1.25 bits per heavy atom. The molecule has 3 rings (SSSR count). The van der Waals surface area contributed by atoms with Crippen LogP contribution in [0.25, 0.3) is 0 Å². The highest BCUT2D eigenvalue weighted by Gasteiger charge is 2.52. The lowest BCUT2D eigenvalue weighted by Gasteiger charge is -2.27. The Kier molecular flexibility index (Phi) is 3.00. The minimum Gasteiger partial charge on any atom is -0.467 e. The van der Waals surface area contributed by atoms with Crippen molar-refractivity contribution in [1.82, 2.24) is 4.90 Å². The van der Waals surface area contributed by atoms with Crippen molar-refractivity contribution in [2.24, 2.45) is 0 Å². The molecule has 1 amide bonds. The number of carbonyl (C=O) groups excluding carboxylic acids is 2. The van der Waals surface area contributed by atoms with Crippen LogP contribution in [0.3, 0.4) is 0 Å². The third kappa shape index (κ3) is 1.71. The minimum absolute atomic E-state index is 0.0781. The van der Waals surface area contributed by atoms with E-state index in [2.05, 4.69) is 5.32 Å². The second kappa shape index (κ2) is 4.70. The highest BCUT2D eigenvalue weighted by atomic mass is 16.5. The van der Waals surface area contributed by atoms with Gasteiger partial charge in [0.15, 0.2) is 0 Å². The summed E-state index contributed by atoms with van der Waals surface area (Å²) in [7, 11) is 2.64. The zero-order valence-corrected chi connectivity index (χ0v) is 11.3. The van der Waals surface area contributed by atoms with Crippen molar-refractivity contribution in [1.29, 1.82) is 0 Å². The average molecular weight is 276 g/mol.